The summed E-state index contributed by atoms with van der Waals surface area (Å²) in [5, 5.41) is 3.99. The van der Waals surface area contributed by atoms with E-state index in [0.29, 0.717) is 5.69 Å². The number of likely N-dealkylation sites (tertiary alicyclic amines) is 1. The van der Waals surface area contributed by atoms with Crippen molar-refractivity contribution in [3.05, 3.63) is 28.2 Å². The molecule has 1 saturated heterocycles. The van der Waals surface area contributed by atoms with E-state index in [1.54, 1.807) is 7.05 Å². The average Bonchev–Trinajstić information content (AvgIpc) is 2.60. The molecule has 0 bridgehead atoms. The molecular formula is C12H17N3O2. The van der Waals surface area contributed by atoms with E-state index in [1.807, 2.05) is 4.90 Å². The number of carbonyl (C=O) groups is 1. The van der Waals surface area contributed by atoms with Crippen molar-refractivity contribution in [2.24, 2.45) is 7.05 Å². The van der Waals surface area contributed by atoms with Crippen LogP contribution in [0, 0.1) is 0 Å². The van der Waals surface area contributed by atoms with Crippen LogP contribution in [-0.2, 0) is 7.05 Å². The lowest BCUT2D eigenvalue weighted by Crippen LogP contribution is -2.34. The van der Waals surface area contributed by atoms with Gasteiger partial charge in [-0.05, 0) is 18.9 Å². The second kappa shape index (κ2) is 5.12. The largest absolute Gasteiger partial charge is 0.337 e. The lowest BCUT2D eigenvalue weighted by atomic mass is 10.2. The summed E-state index contributed by atoms with van der Waals surface area (Å²) >= 11 is 0. The Balaban J connectivity index is 2.17. The van der Waals surface area contributed by atoms with Gasteiger partial charge in [0.2, 0.25) is 0 Å². The van der Waals surface area contributed by atoms with Crippen LogP contribution in [0.4, 0.5) is 0 Å². The van der Waals surface area contributed by atoms with Crippen LogP contribution in [0.5, 0.6) is 0 Å². The lowest BCUT2D eigenvalue weighted by Gasteiger charge is -2.19. The molecular weight excluding hydrogens is 218 g/mol. The minimum atomic E-state index is -0.197. The first-order valence-corrected chi connectivity index (χ1v) is 6.02. The van der Waals surface area contributed by atoms with E-state index in [-0.39, 0.29) is 11.5 Å². The number of aromatic nitrogens is 2. The number of nitrogens with zero attached hydrogens (tertiary/aromatic N) is 3. The van der Waals surface area contributed by atoms with Crippen LogP contribution < -0.4 is 5.56 Å². The molecule has 0 spiro atoms. The Bertz CT molecular complexity index is 459. The number of aryl methyl sites for hydroxylation is 1. The summed E-state index contributed by atoms with van der Waals surface area (Å²) in [5.74, 6) is -0.0671. The number of hydrogen-bond acceptors (Lipinski definition) is 3. The van der Waals surface area contributed by atoms with Gasteiger partial charge in [-0.15, -0.1) is 0 Å². The summed E-state index contributed by atoms with van der Waals surface area (Å²) in [4.78, 5) is 25.2. The molecule has 0 unspecified atom stereocenters. The summed E-state index contributed by atoms with van der Waals surface area (Å²) in [6.07, 6.45) is 4.48. The quantitative estimate of drug-likeness (QED) is 0.723. The van der Waals surface area contributed by atoms with E-state index < -0.39 is 0 Å². The molecule has 1 amide bonds. The molecule has 1 aromatic rings. The smallest absolute Gasteiger partial charge is 0.274 e. The fourth-order valence-corrected chi connectivity index (χ4v) is 2.05. The number of carbonyl (C=O) groups excluding carboxylic acids is 1. The Morgan fingerprint density at radius 1 is 1.18 bits per heavy atom. The van der Waals surface area contributed by atoms with Gasteiger partial charge >= 0.3 is 0 Å². The van der Waals surface area contributed by atoms with Crippen LogP contribution >= 0.6 is 0 Å². The van der Waals surface area contributed by atoms with Crippen molar-refractivity contribution >= 4 is 5.91 Å². The molecule has 0 N–H and O–H groups in total. The van der Waals surface area contributed by atoms with Gasteiger partial charge in [-0.25, -0.2) is 4.68 Å². The zero-order chi connectivity index (χ0) is 12.3. The van der Waals surface area contributed by atoms with Crippen LogP contribution in [0.2, 0.25) is 0 Å². The molecule has 1 aliphatic rings. The lowest BCUT2D eigenvalue weighted by molar-refractivity contribution is 0.0753. The average molecular weight is 235 g/mol. The summed E-state index contributed by atoms with van der Waals surface area (Å²) in [5.41, 5.74) is 0.159. The normalized spacial score (nSPS) is 16.6. The second-order valence-electron chi connectivity index (χ2n) is 4.39. The molecule has 0 atom stereocenters. The van der Waals surface area contributed by atoms with Crippen LogP contribution in [0.3, 0.4) is 0 Å². The van der Waals surface area contributed by atoms with Gasteiger partial charge in [-0.1, -0.05) is 12.8 Å². The van der Waals surface area contributed by atoms with Gasteiger partial charge in [-0.2, -0.15) is 5.10 Å². The van der Waals surface area contributed by atoms with E-state index in [4.69, 9.17) is 0 Å². The number of rotatable bonds is 1. The zero-order valence-electron chi connectivity index (χ0n) is 10.1. The molecule has 2 rings (SSSR count). The Labute approximate surface area is 100 Å². The van der Waals surface area contributed by atoms with Crippen LogP contribution in [0.25, 0.3) is 0 Å². The Kier molecular flexibility index (Phi) is 3.56. The van der Waals surface area contributed by atoms with E-state index in [1.165, 1.54) is 29.7 Å². The third-order valence-corrected chi connectivity index (χ3v) is 3.07. The van der Waals surface area contributed by atoms with Gasteiger partial charge in [-0.3, -0.25) is 9.59 Å². The topological polar surface area (TPSA) is 55.2 Å². The first-order chi connectivity index (χ1) is 8.18. The minimum absolute atomic E-state index is 0.0671. The highest BCUT2D eigenvalue weighted by Gasteiger charge is 2.18. The molecule has 0 saturated carbocycles. The third kappa shape index (κ3) is 2.72. The Morgan fingerprint density at radius 3 is 2.41 bits per heavy atom. The molecule has 5 heteroatoms. The molecule has 0 aliphatic carbocycles. The fraction of sp³-hybridized carbons (Fsp3) is 0.583. The van der Waals surface area contributed by atoms with E-state index in [2.05, 4.69) is 5.10 Å². The standard InChI is InChI=1S/C12H17N3O2/c1-14-11(16)7-6-10(13-14)12(17)15-8-4-2-3-5-9-15/h6-7H,2-5,8-9H2,1H3. The van der Waals surface area contributed by atoms with Crippen LogP contribution in [0.15, 0.2) is 16.9 Å². The maximum atomic E-state index is 12.2. The van der Waals surface area contributed by atoms with Gasteiger partial charge in [0.1, 0.15) is 5.69 Å². The highest BCUT2D eigenvalue weighted by atomic mass is 16.2. The zero-order valence-corrected chi connectivity index (χ0v) is 10.1. The molecule has 1 fully saturated rings. The molecule has 5 nitrogen and oxygen atoms in total. The summed E-state index contributed by atoms with van der Waals surface area (Å²) < 4.78 is 1.20. The maximum Gasteiger partial charge on any atom is 0.274 e. The Morgan fingerprint density at radius 2 is 1.82 bits per heavy atom. The van der Waals surface area contributed by atoms with Gasteiger partial charge < -0.3 is 4.90 Å². The number of amides is 1. The SMILES string of the molecule is Cn1nc(C(=O)N2CCCCCC2)ccc1=O. The number of hydrogen-bond donors (Lipinski definition) is 0. The van der Waals surface area contributed by atoms with Crippen molar-refractivity contribution in [3.8, 4) is 0 Å². The van der Waals surface area contributed by atoms with Crippen LogP contribution in [-0.4, -0.2) is 33.7 Å². The summed E-state index contributed by atoms with van der Waals surface area (Å²) in [7, 11) is 1.56. The van der Waals surface area contributed by atoms with E-state index in [0.717, 1.165) is 25.9 Å². The second-order valence-corrected chi connectivity index (χ2v) is 4.39. The molecule has 2 heterocycles. The summed E-state index contributed by atoms with van der Waals surface area (Å²) in [6, 6.07) is 2.90. The minimum Gasteiger partial charge on any atom is -0.337 e. The van der Waals surface area contributed by atoms with Crippen LogP contribution in [0.1, 0.15) is 36.2 Å². The third-order valence-electron chi connectivity index (χ3n) is 3.07. The molecule has 0 aromatic carbocycles. The monoisotopic (exact) mass is 235 g/mol. The van der Waals surface area contributed by atoms with Crippen molar-refractivity contribution in [2.75, 3.05) is 13.1 Å². The maximum absolute atomic E-state index is 12.2. The van der Waals surface area contributed by atoms with Gasteiger partial charge in [0, 0.05) is 26.2 Å². The van der Waals surface area contributed by atoms with Crippen molar-refractivity contribution in [1.29, 1.82) is 0 Å². The van der Waals surface area contributed by atoms with Crippen molar-refractivity contribution < 1.29 is 4.79 Å². The fourth-order valence-electron chi connectivity index (χ4n) is 2.05. The Hall–Kier alpha value is -1.65. The molecule has 0 radical (unpaired) electrons. The summed E-state index contributed by atoms with van der Waals surface area (Å²) in [6.45, 7) is 1.59. The van der Waals surface area contributed by atoms with Crippen molar-refractivity contribution in [3.63, 3.8) is 0 Å². The van der Waals surface area contributed by atoms with Crippen molar-refractivity contribution in [1.82, 2.24) is 14.7 Å². The highest BCUT2D eigenvalue weighted by molar-refractivity contribution is 5.92. The first kappa shape index (κ1) is 11.8. The molecule has 1 aromatic heterocycles. The van der Waals surface area contributed by atoms with Gasteiger partial charge in [0.05, 0.1) is 0 Å². The van der Waals surface area contributed by atoms with Crippen molar-refractivity contribution in [2.45, 2.75) is 25.7 Å². The van der Waals surface area contributed by atoms with Gasteiger partial charge in [0.15, 0.2) is 0 Å². The highest BCUT2D eigenvalue weighted by Crippen LogP contribution is 2.11. The molecule has 92 valence electrons. The van der Waals surface area contributed by atoms with Gasteiger partial charge in [0.25, 0.3) is 11.5 Å². The molecule has 17 heavy (non-hydrogen) atoms. The van der Waals surface area contributed by atoms with E-state index in [9.17, 15) is 9.59 Å². The van der Waals surface area contributed by atoms with E-state index >= 15 is 0 Å². The first-order valence-electron chi connectivity index (χ1n) is 6.02. The predicted molar refractivity (Wildman–Crippen MR) is 63.8 cm³/mol. The molecule has 1 aliphatic heterocycles. The predicted octanol–water partition coefficient (Wildman–Crippen LogP) is 0.796.